The Balaban J connectivity index is 2.90. The Kier molecular flexibility index (Phi) is 5.48. The van der Waals surface area contributed by atoms with Gasteiger partial charge < -0.3 is 19.4 Å². The van der Waals surface area contributed by atoms with Crippen molar-refractivity contribution >= 4 is 26.3 Å². The number of hydrogen-bond acceptors (Lipinski definition) is 5. The number of β-lactam (4-membered cyclic amide) rings is 1. The van der Waals surface area contributed by atoms with Crippen LogP contribution in [0.25, 0.3) is 0 Å². The van der Waals surface area contributed by atoms with Crippen LogP contribution in [0.5, 0.6) is 0 Å². The standard InChI is InChI=1S/C14H25NO7Si/c1-8(22-23(5,6)14(2,3)4)10-11(18)15(7-9(16)17)12(10)21-13(19)20/h8,10,12H,7H2,1-6H3,(H,16,17)(H,19,20)/t8-,10-,12+/m1/s1. The smallest absolute Gasteiger partial charge is 0.480 e. The molecule has 0 spiro atoms. The number of likely N-dealkylation sites (tertiary alicyclic amines) is 1. The van der Waals surface area contributed by atoms with Gasteiger partial charge in [0.25, 0.3) is 0 Å². The summed E-state index contributed by atoms with van der Waals surface area (Å²) in [6, 6.07) is 0. The molecule has 8 nitrogen and oxygen atoms in total. The van der Waals surface area contributed by atoms with Gasteiger partial charge in [-0.3, -0.25) is 14.5 Å². The van der Waals surface area contributed by atoms with Crippen molar-refractivity contribution in [3.05, 3.63) is 0 Å². The lowest BCUT2D eigenvalue weighted by Crippen LogP contribution is -2.67. The number of hydrogen-bond donors (Lipinski definition) is 2. The lowest BCUT2D eigenvalue weighted by molar-refractivity contribution is -0.197. The average molecular weight is 347 g/mol. The molecule has 23 heavy (non-hydrogen) atoms. The largest absolute Gasteiger partial charge is 0.507 e. The van der Waals surface area contributed by atoms with Gasteiger partial charge in [-0.05, 0) is 25.1 Å². The molecule has 0 unspecified atom stereocenters. The van der Waals surface area contributed by atoms with Gasteiger partial charge in [0, 0.05) is 0 Å². The van der Waals surface area contributed by atoms with Crippen LogP contribution in [-0.2, 0) is 18.8 Å². The molecule has 2 N–H and O–H groups in total. The minimum Gasteiger partial charge on any atom is -0.480 e. The van der Waals surface area contributed by atoms with Crippen molar-refractivity contribution in [3.63, 3.8) is 0 Å². The van der Waals surface area contributed by atoms with Gasteiger partial charge in [-0.1, -0.05) is 20.8 Å². The van der Waals surface area contributed by atoms with Crippen LogP contribution in [-0.4, -0.2) is 60.3 Å². The van der Waals surface area contributed by atoms with Crippen molar-refractivity contribution in [2.75, 3.05) is 6.54 Å². The quantitative estimate of drug-likeness (QED) is 0.429. The Labute approximate surface area is 136 Å². The number of rotatable bonds is 6. The number of aliphatic carboxylic acids is 1. The van der Waals surface area contributed by atoms with E-state index in [-0.39, 0.29) is 5.04 Å². The number of carbonyl (C=O) groups excluding carboxylic acids is 1. The highest BCUT2D eigenvalue weighted by Crippen LogP contribution is 2.40. The van der Waals surface area contributed by atoms with E-state index in [1.54, 1.807) is 6.92 Å². The molecule has 0 saturated carbocycles. The Morgan fingerprint density at radius 2 is 1.83 bits per heavy atom. The molecule has 1 heterocycles. The van der Waals surface area contributed by atoms with E-state index in [0.29, 0.717) is 0 Å². The summed E-state index contributed by atoms with van der Waals surface area (Å²) in [6.07, 6.45) is -3.24. The van der Waals surface area contributed by atoms with E-state index in [1.165, 1.54) is 0 Å². The molecule has 0 radical (unpaired) electrons. The van der Waals surface area contributed by atoms with Crippen LogP contribution in [0, 0.1) is 5.92 Å². The van der Waals surface area contributed by atoms with Crippen molar-refractivity contribution in [2.45, 2.75) is 58.2 Å². The van der Waals surface area contributed by atoms with Crippen molar-refractivity contribution in [2.24, 2.45) is 5.92 Å². The maximum atomic E-state index is 12.2. The third kappa shape index (κ3) is 4.23. The van der Waals surface area contributed by atoms with Crippen LogP contribution < -0.4 is 0 Å². The first-order valence-electron chi connectivity index (χ1n) is 7.37. The molecule has 1 amide bonds. The summed E-state index contributed by atoms with van der Waals surface area (Å²) in [5.41, 5.74) is 0. The van der Waals surface area contributed by atoms with Gasteiger partial charge in [0.05, 0.1) is 6.10 Å². The summed E-state index contributed by atoms with van der Waals surface area (Å²) in [5, 5.41) is 17.6. The highest BCUT2D eigenvalue weighted by Gasteiger charge is 2.55. The zero-order chi connectivity index (χ0) is 18.2. The second-order valence-electron chi connectivity index (χ2n) is 7.24. The first-order chi connectivity index (χ1) is 10.3. The topological polar surface area (TPSA) is 113 Å². The fraction of sp³-hybridized carbons (Fsp3) is 0.786. The van der Waals surface area contributed by atoms with Gasteiger partial charge >= 0.3 is 12.1 Å². The molecule has 1 aliphatic rings. The van der Waals surface area contributed by atoms with Crippen molar-refractivity contribution in [1.82, 2.24) is 4.90 Å². The highest BCUT2D eigenvalue weighted by atomic mass is 28.4. The van der Waals surface area contributed by atoms with Crippen molar-refractivity contribution < 1.29 is 33.8 Å². The van der Waals surface area contributed by atoms with E-state index < -0.39 is 51.1 Å². The lowest BCUT2D eigenvalue weighted by Gasteiger charge is -2.49. The van der Waals surface area contributed by atoms with Gasteiger partial charge in [0.15, 0.2) is 14.5 Å². The zero-order valence-electron chi connectivity index (χ0n) is 14.3. The summed E-state index contributed by atoms with van der Waals surface area (Å²) in [4.78, 5) is 34.7. The predicted molar refractivity (Wildman–Crippen MR) is 83.5 cm³/mol. The molecule has 0 bridgehead atoms. The molecule has 0 aliphatic carbocycles. The molecule has 1 fully saturated rings. The first-order valence-corrected chi connectivity index (χ1v) is 10.3. The second kappa shape index (κ2) is 6.48. The van der Waals surface area contributed by atoms with E-state index in [4.69, 9.17) is 19.4 Å². The minimum atomic E-state index is -2.16. The highest BCUT2D eigenvalue weighted by molar-refractivity contribution is 6.74. The molecule has 1 aliphatic heterocycles. The Bertz CT molecular complexity index is 500. The van der Waals surface area contributed by atoms with Crippen LogP contribution in [0.15, 0.2) is 0 Å². The fourth-order valence-corrected chi connectivity index (χ4v) is 3.68. The first kappa shape index (κ1) is 19.4. The fourth-order valence-electron chi connectivity index (χ4n) is 2.25. The van der Waals surface area contributed by atoms with Gasteiger partial charge in [-0.2, -0.15) is 0 Å². The third-order valence-electron chi connectivity index (χ3n) is 4.50. The van der Waals surface area contributed by atoms with E-state index in [0.717, 1.165) is 4.90 Å². The second-order valence-corrected chi connectivity index (χ2v) is 12.0. The van der Waals surface area contributed by atoms with Crippen LogP contribution in [0.4, 0.5) is 4.79 Å². The molecule has 132 valence electrons. The normalized spacial score (nSPS) is 23.2. The van der Waals surface area contributed by atoms with E-state index in [2.05, 4.69) is 20.8 Å². The molecule has 3 atom stereocenters. The minimum absolute atomic E-state index is 0.0715. The van der Waals surface area contributed by atoms with Gasteiger partial charge in [-0.15, -0.1) is 0 Å². The number of nitrogens with zero attached hydrogens (tertiary/aromatic N) is 1. The molecule has 0 aromatic heterocycles. The van der Waals surface area contributed by atoms with Crippen LogP contribution in [0.1, 0.15) is 27.7 Å². The van der Waals surface area contributed by atoms with E-state index in [9.17, 15) is 14.4 Å². The monoisotopic (exact) mass is 347 g/mol. The summed E-state index contributed by atoms with van der Waals surface area (Å²) >= 11 is 0. The summed E-state index contributed by atoms with van der Waals surface area (Å²) in [7, 11) is -2.16. The number of amides is 1. The molecule has 0 aromatic rings. The number of ether oxygens (including phenoxy) is 1. The van der Waals surface area contributed by atoms with Crippen LogP contribution >= 0.6 is 0 Å². The van der Waals surface area contributed by atoms with Crippen LogP contribution in [0.2, 0.25) is 18.1 Å². The maximum absolute atomic E-state index is 12.2. The molecule has 1 saturated heterocycles. The molecular formula is C14H25NO7Si. The third-order valence-corrected chi connectivity index (χ3v) is 9.08. The number of carboxylic acids is 1. The number of carboxylic acid groups (broad SMARTS) is 2. The van der Waals surface area contributed by atoms with Gasteiger partial charge in [0.1, 0.15) is 12.5 Å². The summed E-state index contributed by atoms with van der Waals surface area (Å²) in [5.74, 6) is -2.52. The zero-order valence-corrected chi connectivity index (χ0v) is 15.3. The van der Waals surface area contributed by atoms with Crippen molar-refractivity contribution in [3.8, 4) is 0 Å². The Morgan fingerprint density at radius 1 is 1.30 bits per heavy atom. The summed E-state index contributed by atoms with van der Waals surface area (Å²) < 4.78 is 10.8. The molecule has 1 rings (SSSR count). The Morgan fingerprint density at radius 3 is 2.22 bits per heavy atom. The summed E-state index contributed by atoms with van der Waals surface area (Å²) in [6.45, 7) is 11.3. The van der Waals surface area contributed by atoms with Gasteiger partial charge in [0.2, 0.25) is 5.91 Å². The average Bonchev–Trinajstić information content (AvgIpc) is 2.32. The van der Waals surface area contributed by atoms with E-state index in [1.807, 2.05) is 13.1 Å². The molecule has 0 aromatic carbocycles. The van der Waals surface area contributed by atoms with Gasteiger partial charge in [-0.25, -0.2) is 4.79 Å². The maximum Gasteiger partial charge on any atom is 0.507 e. The molecular weight excluding hydrogens is 322 g/mol. The SMILES string of the molecule is C[C@@H](O[Si](C)(C)C(C)(C)C)[C@@H]1C(=O)N(CC(=O)O)[C@H]1OC(=O)O. The van der Waals surface area contributed by atoms with Crippen molar-refractivity contribution in [1.29, 1.82) is 0 Å². The Hall–Kier alpha value is -1.61. The predicted octanol–water partition coefficient (Wildman–Crippen LogP) is 1.96. The molecule has 9 heteroatoms. The van der Waals surface area contributed by atoms with Crippen LogP contribution in [0.3, 0.4) is 0 Å². The van der Waals surface area contributed by atoms with E-state index >= 15 is 0 Å². The lowest BCUT2D eigenvalue weighted by atomic mass is 9.90. The number of carbonyl (C=O) groups is 3.